The molecule has 0 aliphatic heterocycles. The Hall–Kier alpha value is -2.48. The molecule has 1 amide bonds. The monoisotopic (exact) mass is 278 g/mol. The van der Waals surface area contributed by atoms with E-state index in [0.717, 1.165) is 15.8 Å². The second-order valence-corrected chi connectivity index (χ2v) is 4.71. The Morgan fingerprint density at radius 2 is 2.32 bits per heavy atom. The van der Waals surface area contributed by atoms with Crippen LogP contribution in [0.3, 0.4) is 0 Å². The molecule has 0 aliphatic carbocycles. The quantitative estimate of drug-likeness (QED) is 0.704. The zero-order chi connectivity index (χ0) is 13.7. The van der Waals surface area contributed by atoms with Crippen LogP contribution in [0.1, 0.15) is 20.2 Å². The molecule has 0 spiro atoms. The number of carbonyl (C=O) groups is 2. The summed E-state index contributed by atoms with van der Waals surface area (Å²) < 4.78 is 0. The molecule has 0 saturated heterocycles. The van der Waals surface area contributed by atoms with E-state index >= 15 is 0 Å². The van der Waals surface area contributed by atoms with Gasteiger partial charge in [-0.15, -0.1) is 11.3 Å². The molecule has 0 unspecified atom stereocenters. The van der Waals surface area contributed by atoms with E-state index in [1.807, 2.05) is 6.07 Å². The van der Waals surface area contributed by atoms with Crippen LogP contribution in [0.2, 0.25) is 0 Å². The van der Waals surface area contributed by atoms with Crippen LogP contribution >= 0.6 is 11.3 Å². The number of amides is 1. The largest absolute Gasteiger partial charge is 0.478 e. The average Bonchev–Trinajstić information content (AvgIpc) is 3.04. The van der Waals surface area contributed by atoms with E-state index in [9.17, 15) is 9.59 Å². The van der Waals surface area contributed by atoms with Crippen LogP contribution in [0.15, 0.2) is 24.4 Å². The smallest absolute Gasteiger partial charge is 0.328 e. The molecule has 3 N–H and O–H groups in total. The maximum Gasteiger partial charge on any atom is 0.328 e. The lowest BCUT2D eigenvalue weighted by molar-refractivity contribution is -0.131. The van der Waals surface area contributed by atoms with Gasteiger partial charge in [0.25, 0.3) is 5.91 Å². The van der Waals surface area contributed by atoms with Gasteiger partial charge in [0.05, 0.1) is 12.7 Å². The zero-order valence-corrected chi connectivity index (χ0v) is 10.5. The van der Waals surface area contributed by atoms with Gasteiger partial charge in [0.1, 0.15) is 0 Å². The van der Waals surface area contributed by atoms with Crippen LogP contribution in [0.25, 0.3) is 6.08 Å². The average molecular weight is 278 g/mol. The number of hydrogen-bond donors (Lipinski definition) is 3. The number of hydrogen-bond acceptors (Lipinski definition) is 5. The molecule has 2 aromatic heterocycles. The minimum Gasteiger partial charge on any atom is -0.478 e. The van der Waals surface area contributed by atoms with E-state index in [2.05, 4.69) is 20.7 Å². The van der Waals surface area contributed by atoms with Crippen molar-refractivity contribution in [3.05, 3.63) is 39.9 Å². The van der Waals surface area contributed by atoms with E-state index in [-0.39, 0.29) is 11.6 Å². The molecule has 0 radical (unpaired) electrons. The fourth-order valence-electron chi connectivity index (χ4n) is 1.30. The highest BCUT2D eigenvalue weighted by atomic mass is 32.1. The summed E-state index contributed by atoms with van der Waals surface area (Å²) in [6.45, 7) is 0.358. The van der Waals surface area contributed by atoms with Crippen LogP contribution in [0.5, 0.6) is 0 Å². The van der Waals surface area contributed by atoms with Crippen molar-refractivity contribution in [1.29, 1.82) is 0 Å². The predicted molar refractivity (Wildman–Crippen MR) is 68.5 cm³/mol. The van der Waals surface area contributed by atoms with Gasteiger partial charge in [-0.3, -0.25) is 4.79 Å². The Balaban J connectivity index is 1.90. The molecular formula is C11H10N4O3S. The normalized spacial score (nSPS) is 10.7. The molecule has 19 heavy (non-hydrogen) atoms. The summed E-state index contributed by atoms with van der Waals surface area (Å²) in [5.41, 5.74) is 0.225. The van der Waals surface area contributed by atoms with Crippen molar-refractivity contribution >= 4 is 29.3 Å². The standard InChI is InChI=1S/C11H10N4O3S/c16-10(17)4-3-7-1-2-8(19-7)5-12-11(18)9-6-13-15-14-9/h1-4,6H,5H2,(H,12,18)(H,16,17)(H,13,14,15). The van der Waals surface area contributed by atoms with Crippen LogP contribution < -0.4 is 5.32 Å². The lowest BCUT2D eigenvalue weighted by atomic mass is 10.4. The first-order chi connectivity index (χ1) is 9.15. The Morgan fingerprint density at radius 3 is 3.00 bits per heavy atom. The molecule has 0 aromatic carbocycles. The SMILES string of the molecule is O=C(O)C=Cc1ccc(CNC(=O)c2cn[nH]n2)s1. The van der Waals surface area contributed by atoms with Crippen molar-refractivity contribution in [1.82, 2.24) is 20.7 Å². The van der Waals surface area contributed by atoms with Crippen molar-refractivity contribution in [3.63, 3.8) is 0 Å². The highest BCUT2D eigenvalue weighted by Crippen LogP contribution is 2.17. The van der Waals surface area contributed by atoms with Crippen LogP contribution in [0.4, 0.5) is 0 Å². The first-order valence-electron chi connectivity index (χ1n) is 5.29. The lowest BCUT2D eigenvalue weighted by Crippen LogP contribution is -2.22. The van der Waals surface area contributed by atoms with E-state index in [4.69, 9.17) is 5.11 Å². The number of aliphatic carboxylic acids is 1. The summed E-state index contributed by atoms with van der Waals surface area (Å²) in [4.78, 5) is 23.7. The number of carboxylic acid groups (broad SMARTS) is 1. The Kier molecular flexibility index (Phi) is 4.04. The fourth-order valence-corrected chi connectivity index (χ4v) is 2.16. The predicted octanol–water partition coefficient (Wildman–Crippen LogP) is 0.894. The minimum absolute atomic E-state index is 0.225. The van der Waals surface area contributed by atoms with Gasteiger partial charge >= 0.3 is 5.97 Å². The molecular weight excluding hydrogens is 268 g/mol. The van der Waals surface area contributed by atoms with E-state index in [1.165, 1.54) is 23.6 Å². The topological polar surface area (TPSA) is 108 Å². The van der Waals surface area contributed by atoms with Crippen molar-refractivity contribution in [3.8, 4) is 0 Å². The number of thiophene rings is 1. The van der Waals surface area contributed by atoms with Gasteiger partial charge in [0.15, 0.2) is 5.69 Å². The summed E-state index contributed by atoms with van der Waals surface area (Å²) in [5.74, 6) is -1.31. The molecule has 0 fully saturated rings. The number of carbonyl (C=O) groups excluding carboxylic acids is 1. The summed E-state index contributed by atoms with van der Waals surface area (Å²) in [7, 11) is 0. The van der Waals surface area contributed by atoms with E-state index in [1.54, 1.807) is 6.07 Å². The second kappa shape index (κ2) is 5.91. The summed E-state index contributed by atoms with van der Waals surface area (Å²) in [5, 5.41) is 20.8. The Bertz CT molecular complexity index is 603. The van der Waals surface area contributed by atoms with E-state index < -0.39 is 5.97 Å². The van der Waals surface area contributed by atoms with Crippen molar-refractivity contribution in [2.45, 2.75) is 6.54 Å². The van der Waals surface area contributed by atoms with Gasteiger partial charge in [0.2, 0.25) is 0 Å². The van der Waals surface area contributed by atoms with Gasteiger partial charge < -0.3 is 10.4 Å². The number of H-pyrrole nitrogens is 1. The molecule has 2 heterocycles. The molecule has 0 atom stereocenters. The summed E-state index contributed by atoms with van der Waals surface area (Å²) >= 11 is 1.41. The maximum atomic E-state index is 11.6. The molecule has 2 aromatic rings. The molecule has 98 valence electrons. The molecule has 2 rings (SSSR count). The maximum absolute atomic E-state index is 11.6. The van der Waals surface area contributed by atoms with Crippen molar-refractivity contribution < 1.29 is 14.7 Å². The highest BCUT2D eigenvalue weighted by molar-refractivity contribution is 7.12. The third-order valence-electron chi connectivity index (χ3n) is 2.14. The van der Waals surface area contributed by atoms with Crippen LogP contribution in [-0.2, 0) is 11.3 Å². The molecule has 8 heteroatoms. The zero-order valence-electron chi connectivity index (χ0n) is 9.66. The summed E-state index contributed by atoms with van der Waals surface area (Å²) in [6.07, 6.45) is 3.92. The van der Waals surface area contributed by atoms with Gasteiger partial charge in [0, 0.05) is 15.8 Å². The fraction of sp³-hybridized carbons (Fsp3) is 0.0909. The highest BCUT2D eigenvalue weighted by Gasteiger charge is 2.08. The third kappa shape index (κ3) is 3.75. The van der Waals surface area contributed by atoms with Crippen molar-refractivity contribution in [2.75, 3.05) is 0 Å². The number of aromatic amines is 1. The van der Waals surface area contributed by atoms with Gasteiger partial charge in [-0.1, -0.05) is 0 Å². The number of nitrogens with one attached hydrogen (secondary N) is 2. The van der Waals surface area contributed by atoms with Crippen LogP contribution in [0, 0.1) is 0 Å². The summed E-state index contributed by atoms with van der Waals surface area (Å²) in [6, 6.07) is 3.62. The first-order valence-corrected chi connectivity index (χ1v) is 6.10. The number of rotatable bonds is 5. The third-order valence-corrected chi connectivity index (χ3v) is 3.19. The van der Waals surface area contributed by atoms with Gasteiger partial charge in [-0.25, -0.2) is 4.79 Å². The van der Waals surface area contributed by atoms with Crippen molar-refractivity contribution in [2.24, 2.45) is 0 Å². The van der Waals surface area contributed by atoms with Crippen LogP contribution in [-0.4, -0.2) is 32.4 Å². The first kappa shape index (κ1) is 13.0. The van der Waals surface area contributed by atoms with E-state index in [0.29, 0.717) is 6.54 Å². The number of carboxylic acids is 1. The Morgan fingerprint density at radius 1 is 1.47 bits per heavy atom. The number of nitrogens with zero attached hydrogens (tertiary/aromatic N) is 2. The molecule has 0 saturated carbocycles. The number of aromatic nitrogens is 3. The minimum atomic E-state index is -0.991. The van der Waals surface area contributed by atoms with Gasteiger partial charge in [-0.2, -0.15) is 15.4 Å². The molecule has 0 bridgehead atoms. The van der Waals surface area contributed by atoms with Gasteiger partial charge in [-0.05, 0) is 18.2 Å². The lowest BCUT2D eigenvalue weighted by Gasteiger charge is -1.99. The molecule has 0 aliphatic rings. The molecule has 7 nitrogen and oxygen atoms in total. The Labute approximate surface area is 112 Å². The second-order valence-electron chi connectivity index (χ2n) is 3.51.